The summed E-state index contributed by atoms with van der Waals surface area (Å²) in [6, 6.07) is 2.51. The van der Waals surface area contributed by atoms with Crippen molar-refractivity contribution in [2.24, 2.45) is 5.92 Å². The van der Waals surface area contributed by atoms with Crippen molar-refractivity contribution < 1.29 is 9.53 Å². The van der Waals surface area contributed by atoms with Crippen molar-refractivity contribution in [2.75, 3.05) is 20.2 Å². The molecule has 114 valence electrons. The fourth-order valence-electron chi connectivity index (χ4n) is 3.78. The van der Waals surface area contributed by atoms with Crippen LogP contribution < -0.4 is 5.32 Å². The second kappa shape index (κ2) is 5.38. The molecule has 4 rings (SSSR count). The monoisotopic (exact) mass is 306 g/mol. The first kappa shape index (κ1) is 13.7. The van der Waals surface area contributed by atoms with Gasteiger partial charge in [-0.05, 0) is 48.6 Å². The van der Waals surface area contributed by atoms with Crippen molar-refractivity contribution in [2.45, 2.75) is 43.9 Å². The van der Waals surface area contributed by atoms with E-state index in [2.05, 4.69) is 21.7 Å². The number of methoxy groups -OCH3 is 1. The van der Waals surface area contributed by atoms with Crippen LogP contribution in [0, 0.1) is 5.92 Å². The van der Waals surface area contributed by atoms with E-state index in [1.54, 1.807) is 7.11 Å². The van der Waals surface area contributed by atoms with E-state index in [1.165, 1.54) is 23.3 Å². The molecule has 2 fully saturated rings. The van der Waals surface area contributed by atoms with Gasteiger partial charge in [-0.15, -0.1) is 11.3 Å². The summed E-state index contributed by atoms with van der Waals surface area (Å²) in [5.41, 5.74) is 1.42. The molecule has 0 radical (unpaired) electrons. The summed E-state index contributed by atoms with van der Waals surface area (Å²) < 4.78 is 5.38. The van der Waals surface area contributed by atoms with Gasteiger partial charge >= 0.3 is 0 Å². The SMILES string of the molecule is COC1CNC(C(=O)N2CCc3sccc3C2C2CC2)C1. The van der Waals surface area contributed by atoms with Crippen LogP contribution >= 0.6 is 11.3 Å². The molecular formula is C16H22N2O2S. The minimum Gasteiger partial charge on any atom is -0.380 e. The molecule has 1 saturated heterocycles. The highest BCUT2D eigenvalue weighted by molar-refractivity contribution is 7.10. The predicted molar refractivity (Wildman–Crippen MR) is 82.4 cm³/mol. The zero-order valence-corrected chi connectivity index (χ0v) is 13.2. The van der Waals surface area contributed by atoms with Crippen molar-refractivity contribution in [3.63, 3.8) is 0 Å². The molecule has 1 N–H and O–H groups in total. The van der Waals surface area contributed by atoms with E-state index in [1.807, 2.05) is 11.3 Å². The summed E-state index contributed by atoms with van der Waals surface area (Å²) in [5, 5.41) is 5.52. The zero-order valence-electron chi connectivity index (χ0n) is 12.4. The zero-order chi connectivity index (χ0) is 14.4. The number of fused-ring (bicyclic) bond motifs is 1. The summed E-state index contributed by atoms with van der Waals surface area (Å²) in [5.74, 6) is 0.963. The lowest BCUT2D eigenvalue weighted by Gasteiger charge is -2.37. The van der Waals surface area contributed by atoms with Gasteiger partial charge in [0.1, 0.15) is 0 Å². The van der Waals surface area contributed by atoms with Crippen molar-refractivity contribution in [3.8, 4) is 0 Å². The van der Waals surface area contributed by atoms with Gasteiger partial charge in [0.25, 0.3) is 0 Å². The average Bonchev–Trinajstić information content (AvgIpc) is 3.04. The van der Waals surface area contributed by atoms with E-state index in [9.17, 15) is 4.79 Å². The van der Waals surface area contributed by atoms with Crippen LogP contribution in [0.15, 0.2) is 11.4 Å². The van der Waals surface area contributed by atoms with Crippen LogP contribution in [-0.4, -0.2) is 43.2 Å². The van der Waals surface area contributed by atoms with E-state index in [0.29, 0.717) is 12.0 Å². The molecule has 0 bridgehead atoms. The van der Waals surface area contributed by atoms with Gasteiger partial charge in [-0.2, -0.15) is 0 Å². The van der Waals surface area contributed by atoms with Crippen LogP contribution in [-0.2, 0) is 16.0 Å². The smallest absolute Gasteiger partial charge is 0.240 e. The van der Waals surface area contributed by atoms with E-state index in [0.717, 1.165) is 25.9 Å². The van der Waals surface area contributed by atoms with Crippen molar-refractivity contribution in [1.82, 2.24) is 10.2 Å². The number of rotatable bonds is 3. The number of amides is 1. The third-order valence-corrected chi connectivity index (χ3v) is 6.08. The number of hydrogen-bond donors (Lipinski definition) is 1. The third kappa shape index (κ3) is 2.41. The quantitative estimate of drug-likeness (QED) is 0.928. The van der Waals surface area contributed by atoms with Gasteiger partial charge in [0.05, 0.1) is 18.2 Å². The minimum absolute atomic E-state index is 0.0589. The highest BCUT2D eigenvalue weighted by atomic mass is 32.1. The van der Waals surface area contributed by atoms with E-state index < -0.39 is 0 Å². The maximum absolute atomic E-state index is 12.9. The molecule has 0 aromatic carbocycles. The molecular weight excluding hydrogens is 284 g/mol. The standard InChI is InChI=1S/C16H22N2O2S/c1-20-11-8-13(17-9-11)16(19)18-6-4-14-12(5-7-21-14)15(18)10-2-3-10/h5,7,10-11,13,15,17H,2-4,6,8-9H2,1H3. The van der Waals surface area contributed by atoms with Crippen LogP contribution in [0.4, 0.5) is 0 Å². The largest absolute Gasteiger partial charge is 0.380 e. The van der Waals surface area contributed by atoms with Crippen LogP contribution in [0.3, 0.4) is 0 Å². The Bertz CT molecular complexity index is 540. The summed E-state index contributed by atoms with van der Waals surface area (Å²) in [4.78, 5) is 16.6. The molecule has 3 heterocycles. The van der Waals surface area contributed by atoms with Gasteiger partial charge in [-0.25, -0.2) is 0 Å². The van der Waals surface area contributed by atoms with Crippen LogP contribution in [0.1, 0.15) is 35.7 Å². The first-order valence-corrected chi connectivity index (χ1v) is 8.79. The number of carbonyl (C=O) groups is 1. The lowest BCUT2D eigenvalue weighted by molar-refractivity contribution is -0.136. The van der Waals surface area contributed by atoms with Crippen LogP contribution in [0.25, 0.3) is 0 Å². The van der Waals surface area contributed by atoms with E-state index >= 15 is 0 Å². The van der Waals surface area contributed by atoms with Crippen molar-refractivity contribution in [1.29, 1.82) is 0 Å². The van der Waals surface area contributed by atoms with Gasteiger partial charge in [-0.3, -0.25) is 4.79 Å². The fraction of sp³-hybridized carbons (Fsp3) is 0.688. The lowest BCUT2D eigenvalue weighted by atomic mass is 9.95. The summed E-state index contributed by atoms with van der Waals surface area (Å²) in [7, 11) is 1.73. The topological polar surface area (TPSA) is 41.6 Å². The van der Waals surface area contributed by atoms with Gasteiger partial charge in [0.15, 0.2) is 0 Å². The molecule has 1 saturated carbocycles. The Labute approximate surface area is 129 Å². The molecule has 2 aliphatic heterocycles. The molecule has 1 aromatic heterocycles. The maximum Gasteiger partial charge on any atom is 0.240 e. The van der Waals surface area contributed by atoms with E-state index in [-0.39, 0.29) is 18.1 Å². The Morgan fingerprint density at radius 2 is 2.33 bits per heavy atom. The van der Waals surface area contributed by atoms with Gasteiger partial charge in [-0.1, -0.05) is 0 Å². The van der Waals surface area contributed by atoms with Gasteiger partial charge in [0.2, 0.25) is 5.91 Å². The highest BCUT2D eigenvalue weighted by Gasteiger charge is 2.44. The molecule has 1 amide bonds. The maximum atomic E-state index is 12.9. The first-order chi connectivity index (χ1) is 10.3. The van der Waals surface area contributed by atoms with Crippen LogP contribution in [0.2, 0.25) is 0 Å². The molecule has 21 heavy (non-hydrogen) atoms. The van der Waals surface area contributed by atoms with Crippen LogP contribution in [0.5, 0.6) is 0 Å². The number of hydrogen-bond acceptors (Lipinski definition) is 4. The predicted octanol–water partition coefficient (Wildman–Crippen LogP) is 1.96. The average molecular weight is 306 g/mol. The number of nitrogens with zero attached hydrogens (tertiary/aromatic N) is 1. The number of thiophene rings is 1. The Morgan fingerprint density at radius 3 is 3.05 bits per heavy atom. The second-order valence-electron chi connectivity index (χ2n) is 6.42. The molecule has 3 aliphatic rings. The molecule has 3 unspecified atom stereocenters. The molecule has 4 nitrogen and oxygen atoms in total. The number of ether oxygens (including phenoxy) is 1. The molecule has 1 aliphatic carbocycles. The Morgan fingerprint density at radius 1 is 1.48 bits per heavy atom. The second-order valence-corrected chi connectivity index (χ2v) is 7.42. The summed E-state index contributed by atoms with van der Waals surface area (Å²) in [6.07, 6.45) is 4.53. The normalized spacial score (nSPS) is 32.2. The summed E-state index contributed by atoms with van der Waals surface area (Å²) >= 11 is 1.85. The third-order valence-electron chi connectivity index (χ3n) is 5.09. The van der Waals surface area contributed by atoms with E-state index in [4.69, 9.17) is 4.74 Å². The Kier molecular flexibility index (Phi) is 3.52. The molecule has 1 aromatic rings. The lowest BCUT2D eigenvalue weighted by Crippen LogP contribution is -2.48. The van der Waals surface area contributed by atoms with Gasteiger partial charge in [0, 0.05) is 25.1 Å². The first-order valence-electron chi connectivity index (χ1n) is 7.91. The molecule has 0 spiro atoms. The minimum atomic E-state index is -0.0589. The fourth-order valence-corrected chi connectivity index (χ4v) is 4.70. The highest BCUT2D eigenvalue weighted by Crippen LogP contribution is 2.48. The van der Waals surface area contributed by atoms with Gasteiger partial charge < -0.3 is 15.0 Å². The summed E-state index contributed by atoms with van der Waals surface area (Å²) in [6.45, 7) is 1.67. The van der Waals surface area contributed by atoms with Crippen molar-refractivity contribution >= 4 is 17.2 Å². The van der Waals surface area contributed by atoms with Crippen molar-refractivity contribution in [3.05, 3.63) is 21.9 Å². The number of carbonyl (C=O) groups excluding carboxylic acids is 1. The Hall–Kier alpha value is -0.910. The number of nitrogens with one attached hydrogen (secondary N) is 1. The molecule has 5 heteroatoms. The molecule has 3 atom stereocenters. The Balaban J connectivity index is 1.55.